The molecule has 0 saturated carbocycles. The number of carbonyl (C=O) groups is 1. The Balaban J connectivity index is 1.59. The number of amides is 1. The average Bonchev–Trinajstić information content (AvgIpc) is 3.07. The van der Waals surface area contributed by atoms with Gasteiger partial charge in [-0.25, -0.2) is 0 Å². The fraction of sp³-hybridized carbons (Fsp3) is 0.312. The molecule has 0 radical (unpaired) electrons. The van der Waals surface area contributed by atoms with Crippen LogP contribution in [0.3, 0.4) is 0 Å². The summed E-state index contributed by atoms with van der Waals surface area (Å²) in [6, 6.07) is 9.38. The van der Waals surface area contributed by atoms with Crippen molar-refractivity contribution >= 4 is 5.91 Å². The van der Waals surface area contributed by atoms with Gasteiger partial charge in [-0.1, -0.05) is 0 Å². The Labute approximate surface area is 123 Å². The van der Waals surface area contributed by atoms with E-state index >= 15 is 0 Å². The first kappa shape index (κ1) is 13.5. The van der Waals surface area contributed by atoms with Crippen molar-refractivity contribution in [1.29, 1.82) is 0 Å². The van der Waals surface area contributed by atoms with Crippen LogP contribution < -0.4 is 14.8 Å². The molecule has 0 aliphatic carbocycles. The van der Waals surface area contributed by atoms with Gasteiger partial charge in [-0.05, 0) is 44.2 Å². The minimum Gasteiger partial charge on any atom is -0.454 e. The lowest BCUT2D eigenvalue weighted by Crippen LogP contribution is -2.27. The third kappa shape index (κ3) is 2.72. The van der Waals surface area contributed by atoms with E-state index in [2.05, 4.69) is 35.9 Å². The molecule has 1 N–H and O–H groups in total. The molecule has 0 atom stereocenters. The van der Waals surface area contributed by atoms with Crippen molar-refractivity contribution in [2.24, 2.45) is 0 Å². The Morgan fingerprint density at radius 1 is 1.14 bits per heavy atom. The fourth-order valence-corrected chi connectivity index (χ4v) is 2.47. The van der Waals surface area contributed by atoms with Gasteiger partial charge in [0.1, 0.15) is 0 Å². The maximum Gasteiger partial charge on any atom is 0.251 e. The van der Waals surface area contributed by atoms with Gasteiger partial charge < -0.3 is 19.4 Å². The number of nitrogens with one attached hydrogen (secondary N) is 1. The summed E-state index contributed by atoms with van der Waals surface area (Å²) in [6.07, 6.45) is 0. The molecule has 3 rings (SSSR count). The number of aromatic nitrogens is 1. The van der Waals surface area contributed by atoms with Crippen molar-refractivity contribution < 1.29 is 14.3 Å². The number of benzene rings is 1. The van der Waals surface area contributed by atoms with Crippen LogP contribution in [0.4, 0.5) is 0 Å². The quantitative estimate of drug-likeness (QED) is 0.938. The highest BCUT2D eigenvalue weighted by molar-refractivity contribution is 5.94. The summed E-state index contributed by atoms with van der Waals surface area (Å²) < 4.78 is 12.7. The average molecular weight is 286 g/mol. The number of carbonyl (C=O) groups excluding carboxylic acids is 1. The van der Waals surface area contributed by atoms with Gasteiger partial charge in [0.15, 0.2) is 11.5 Å². The number of hydrogen-bond donors (Lipinski definition) is 1. The Morgan fingerprint density at radius 2 is 1.86 bits per heavy atom. The van der Waals surface area contributed by atoms with Crippen LogP contribution in [0.2, 0.25) is 0 Å². The van der Waals surface area contributed by atoms with Crippen LogP contribution in [0, 0.1) is 13.8 Å². The molecule has 2 heterocycles. The zero-order chi connectivity index (χ0) is 14.8. The number of fused-ring (bicyclic) bond motifs is 1. The third-order valence-corrected chi connectivity index (χ3v) is 3.67. The van der Waals surface area contributed by atoms with E-state index in [-0.39, 0.29) is 12.7 Å². The maximum atomic E-state index is 12.1. The van der Waals surface area contributed by atoms with Gasteiger partial charge in [0.2, 0.25) is 6.79 Å². The van der Waals surface area contributed by atoms with Crippen molar-refractivity contribution in [3.63, 3.8) is 0 Å². The van der Waals surface area contributed by atoms with Gasteiger partial charge in [0.25, 0.3) is 5.91 Å². The Hall–Kier alpha value is -2.43. The minimum absolute atomic E-state index is 0.101. The Morgan fingerprint density at radius 3 is 2.62 bits per heavy atom. The summed E-state index contributed by atoms with van der Waals surface area (Å²) in [4.78, 5) is 12.1. The van der Waals surface area contributed by atoms with Crippen LogP contribution in [-0.2, 0) is 6.54 Å². The van der Waals surface area contributed by atoms with Crippen LogP contribution in [0.1, 0.15) is 21.7 Å². The zero-order valence-corrected chi connectivity index (χ0v) is 12.2. The maximum absolute atomic E-state index is 12.1. The summed E-state index contributed by atoms with van der Waals surface area (Å²) in [5.41, 5.74) is 2.98. The van der Waals surface area contributed by atoms with Crippen LogP contribution in [0.5, 0.6) is 11.5 Å². The van der Waals surface area contributed by atoms with E-state index in [1.54, 1.807) is 18.2 Å². The molecule has 5 heteroatoms. The van der Waals surface area contributed by atoms with Gasteiger partial charge in [-0.3, -0.25) is 4.79 Å². The van der Waals surface area contributed by atoms with Crippen molar-refractivity contribution in [2.45, 2.75) is 20.4 Å². The standard InChI is InChI=1S/C16H18N2O3/c1-11-3-4-12(2)18(11)8-7-17-16(19)13-5-6-14-15(9-13)21-10-20-14/h3-6,9H,7-8,10H2,1-2H3,(H,17,19). The molecule has 0 spiro atoms. The van der Waals surface area contributed by atoms with E-state index in [1.807, 2.05) is 0 Å². The second-order valence-electron chi connectivity index (χ2n) is 5.09. The number of nitrogens with zero attached hydrogens (tertiary/aromatic N) is 1. The van der Waals surface area contributed by atoms with E-state index in [1.165, 1.54) is 11.4 Å². The lowest BCUT2D eigenvalue weighted by Gasteiger charge is -2.10. The Bertz CT molecular complexity index is 657. The van der Waals surface area contributed by atoms with Crippen LogP contribution in [0.25, 0.3) is 0 Å². The van der Waals surface area contributed by atoms with Gasteiger partial charge in [0, 0.05) is 30.0 Å². The largest absolute Gasteiger partial charge is 0.454 e. The molecular formula is C16H18N2O3. The van der Waals surface area contributed by atoms with Gasteiger partial charge >= 0.3 is 0 Å². The normalized spacial score (nSPS) is 12.5. The predicted molar refractivity (Wildman–Crippen MR) is 78.8 cm³/mol. The van der Waals surface area contributed by atoms with Gasteiger partial charge in [0.05, 0.1) is 0 Å². The van der Waals surface area contributed by atoms with Crippen molar-refractivity contribution in [1.82, 2.24) is 9.88 Å². The second-order valence-corrected chi connectivity index (χ2v) is 5.09. The highest BCUT2D eigenvalue weighted by atomic mass is 16.7. The fourth-order valence-electron chi connectivity index (χ4n) is 2.47. The molecule has 2 aromatic rings. The summed E-state index contributed by atoms with van der Waals surface area (Å²) in [7, 11) is 0. The molecule has 21 heavy (non-hydrogen) atoms. The van der Waals surface area contributed by atoms with Crippen LogP contribution in [0.15, 0.2) is 30.3 Å². The Kier molecular flexibility index (Phi) is 3.56. The highest BCUT2D eigenvalue weighted by Crippen LogP contribution is 2.32. The molecule has 0 fully saturated rings. The lowest BCUT2D eigenvalue weighted by atomic mass is 10.2. The summed E-state index contributed by atoms with van der Waals surface area (Å²) in [5.74, 6) is 1.21. The molecular weight excluding hydrogens is 268 g/mol. The van der Waals surface area contributed by atoms with Crippen molar-refractivity contribution in [3.8, 4) is 11.5 Å². The van der Waals surface area contributed by atoms with Crippen molar-refractivity contribution in [2.75, 3.05) is 13.3 Å². The SMILES string of the molecule is Cc1ccc(C)n1CCNC(=O)c1ccc2c(c1)OCO2. The first-order valence-electron chi connectivity index (χ1n) is 6.96. The first-order valence-corrected chi connectivity index (χ1v) is 6.96. The highest BCUT2D eigenvalue weighted by Gasteiger charge is 2.15. The van der Waals surface area contributed by atoms with Crippen LogP contribution >= 0.6 is 0 Å². The van der Waals surface area contributed by atoms with E-state index in [4.69, 9.17) is 9.47 Å². The van der Waals surface area contributed by atoms with Crippen LogP contribution in [-0.4, -0.2) is 23.8 Å². The van der Waals surface area contributed by atoms with E-state index in [9.17, 15) is 4.79 Å². The van der Waals surface area contributed by atoms with Crippen molar-refractivity contribution in [3.05, 3.63) is 47.3 Å². The molecule has 1 aromatic heterocycles. The third-order valence-electron chi connectivity index (χ3n) is 3.67. The van der Waals surface area contributed by atoms with E-state index in [0.717, 1.165) is 6.54 Å². The first-order chi connectivity index (χ1) is 10.1. The predicted octanol–water partition coefficient (Wildman–Crippen LogP) is 2.26. The molecule has 110 valence electrons. The summed E-state index contributed by atoms with van der Waals surface area (Å²) >= 11 is 0. The monoisotopic (exact) mass is 286 g/mol. The number of rotatable bonds is 4. The molecule has 1 aromatic carbocycles. The smallest absolute Gasteiger partial charge is 0.251 e. The molecule has 0 saturated heterocycles. The zero-order valence-electron chi connectivity index (χ0n) is 12.2. The molecule has 5 nitrogen and oxygen atoms in total. The van der Waals surface area contributed by atoms with E-state index in [0.29, 0.717) is 23.6 Å². The molecule has 0 bridgehead atoms. The molecule has 1 aliphatic rings. The van der Waals surface area contributed by atoms with E-state index < -0.39 is 0 Å². The molecule has 1 amide bonds. The molecule has 1 aliphatic heterocycles. The molecule has 0 unspecified atom stereocenters. The second kappa shape index (κ2) is 5.52. The van der Waals surface area contributed by atoms with Gasteiger partial charge in [-0.2, -0.15) is 0 Å². The lowest BCUT2D eigenvalue weighted by molar-refractivity contribution is 0.0951. The number of hydrogen-bond acceptors (Lipinski definition) is 3. The minimum atomic E-state index is -0.101. The summed E-state index contributed by atoms with van der Waals surface area (Å²) in [6.45, 7) is 5.69. The summed E-state index contributed by atoms with van der Waals surface area (Å²) in [5, 5.41) is 2.93. The number of aryl methyl sites for hydroxylation is 2. The van der Waals surface area contributed by atoms with Gasteiger partial charge in [-0.15, -0.1) is 0 Å². The topological polar surface area (TPSA) is 52.5 Å². The number of ether oxygens (including phenoxy) is 2.